The third-order valence-corrected chi connectivity index (χ3v) is 8.54. The largest absolute Gasteiger partial charge is 0.455 e. The van der Waals surface area contributed by atoms with E-state index in [1.807, 2.05) is 18.2 Å². The molecule has 1 aliphatic carbocycles. The van der Waals surface area contributed by atoms with Crippen molar-refractivity contribution >= 4 is 11.9 Å². The Labute approximate surface area is 201 Å². The van der Waals surface area contributed by atoms with E-state index in [4.69, 9.17) is 10.5 Å². The van der Waals surface area contributed by atoms with Gasteiger partial charge in [-0.15, -0.1) is 0 Å². The molecule has 3 saturated heterocycles. The molecule has 4 fully saturated rings. The molecule has 3 aliphatic heterocycles. The average Bonchev–Trinajstić information content (AvgIpc) is 3.13. The van der Waals surface area contributed by atoms with Crippen LogP contribution in [0.25, 0.3) is 0 Å². The van der Waals surface area contributed by atoms with Gasteiger partial charge in [0.1, 0.15) is 6.54 Å². The first kappa shape index (κ1) is 23.0. The van der Waals surface area contributed by atoms with Crippen LogP contribution in [0.3, 0.4) is 0 Å². The number of ether oxygens (including phenoxy) is 1. The predicted molar refractivity (Wildman–Crippen MR) is 127 cm³/mol. The molecule has 2 bridgehead atoms. The summed E-state index contributed by atoms with van der Waals surface area (Å²) in [4.78, 5) is 35.3. The zero-order chi connectivity index (χ0) is 23.6. The maximum absolute atomic E-state index is 14.0. The molecule has 1 saturated carbocycles. The number of nitrogens with zero attached hydrogens (tertiary/aromatic N) is 3. The summed E-state index contributed by atoms with van der Waals surface area (Å²) in [5.74, 6) is 0.281. The standard InChI is InChI=1S/C27H34N4O3/c28-24(32)23(25-29-15-8-16-30-25)31-17-11-20(12-18-31)22(19-31)34-26(33)27(13-6-1-2-7-14-27)21-9-4-3-5-10-21/h3-5,8-10,15-16,20,22-23H,1-2,6-7,11-14,17-19H2,(H-,28,32)/p+1/t20?,22-,23?,31?/m0/s1. The van der Waals surface area contributed by atoms with Crippen molar-refractivity contribution in [2.45, 2.75) is 68.9 Å². The number of hydrogen-bond acceptors (Lipinski definition) is 5. The third-order valence-electron chi connectivity index (χ3n) is 8.54. The fraction of sp³-hybridized carbons (Fsp3) is 0.556. The minimum absolute atomic E-state index is 0.0934. The highest BCUT2D eigenvalue weighted by Crippen LogP contribution is 2.44. The molecule has 0 radical (unpaired) electrons. The molecule has 6 rings (SSSR count). The molecule has 4 heterocycles. The van der Waals surface area contributed by atoms with Gasteiger partial charge in [-0.1, -0.05) is 56.0 Å². The van der Waals surface area contributed by atoms with Crippen molar-refractivity contribution in [1.29, 1.82) is 0 Å². The number of hydrogen-bond donors (Lipinski definition) is 1. The van der Waals surface area contributed by atoms with E-state index >= 15 is 0 Å². The summed E-state index contributed by atoms with van der Waals surface area (Å²) in [6.07, 6.45) is 11.0. The van der Waals surface area contributed by atoms with Gasteiger partial charge in [0.15, 0.2) is 11.9 Å². The first-order chi connectivity index (χ1) is 16.5. The predicted octanol–water partition coefficient (Wildman–Crippen LogP) is 3.45. The summed E-state index contributed by atoms with van der Waals surface area (Å²) in [5, 5.41) is 0. The number of primary amides is 1. The molecule has 7 heteroatoms. The van der Waals surface area contributed by atoms with Gasteiger partial charge in [0.05, 0.1) is 18.5 Å². The lowest BCUT2D eigenvalue weighted by Crippen LogP contribution is -2.67. The van der Waals surface area contributed by atoms with Gasteiger partial charge in [-0.05, 0) is 24.5 Å². The second kappa shape index (κ2) is 9.45. The SMILES string of the molecule is NC(=O)C(c1ncccn1)[N+]12CCC(CC1)[C@@H](OC(=O)C1(c3ccccc3)CCCCCC1)C2. The first-order valence-corrected chi connectivity index (χ1v) is 12.7. The van der Waals surface area contributed by atoms with E-state index in [1.54, 1.807) is 18.5 Å². The van der Waals surface area contributed by atoms with Crippen molar-refractivity contribution in [2.75, 3.05) is 19.6 Å². The Morgan fingerprint density at radius 2 is 1.62 bits per heavy atom. The normalized spacial score (nSPS) is 29.1. The van der Waals surface area contributed by atoms with E-state index in [9.17, 15) is 9.59 Å². The Kier molecular flexibility index (Phi) is 6.38. The number of aromatic nitrogens is 2. The highest BCUT2D eigenvalue weighted by Gasteiger charge is 2.55. The van der Waals surface area contributed by atoms with Gasteiger partial charge >= 0.3 is 5.97 Å². The monoisotopic (exact) mass is 463 g/mol. The van der Waals surface area contributed by atoms with Crippen LogP contribution in [0.2, 0.25) is 0 Å². The van der Waals surface area contributed by atoms with Crippen molar-refractivity contribution < 1.29 is 18.8 Å². The molecular formula is C27H35N4O3+. The topological polar surface area (TPSA) is 95.2 Å². The minimum Gasteiger partial charge on any atom is -0.455 e. The maximum atomic E-state index is 14.0. The summed E-state index contributed by atoms with van der Waals surface area (Å²) in [7, 11) is 0. The molecule has 1 amide bonds. The molecule has 1 aromatic carbocycles. The summed E-state index contributed by atoms with van der Waals surface area (Å²) in [6.45, 7) is 2.25. The number of carbonyl (C=O) groups is 2. The number of esters is 1. The zero-order valence-corrected chi connectivity index (χ0v) is 19.8. The lowest BCUT2D eigenvalue weighted by atomic mass is 9.74. The first-order valence-electron chi connectivity index (χ1n) is 12.7. The molecular weight excluding hydrogens is 428 g/mol. The Balaban J connectivity index is 1.42. The number of amides is 1. The van der Waals surface area contributed by atoms with E-state index < -0.39 is 17.4 Å². The molecule has 180 valence electrons. The lowest BCUT2D eigenvalue weighted by molar-refractivity contribution is -0.965. The zero-order valence-electron chi connectivity index (χ0n) is 19.8. The van der Waals surface area contributed by atoms with E-state index in [0.717, 1.165) is 70.0 Å². The van der Waals surface area contributed by atoms with E-state index in [-0.39, 0.29) is 12.1 Å². The number of fused-ring (bicyclic) bond motifs is 3. The van der Waals surface area contributed by atoms with E-state index in [2.05, 4.69) is 22.1 Å². The number of nitrogens with two attached hydrogens (primary N) is 1. The number of benzene rings is 1. The Bertz CT molecular complexity index is 997. The minimum atomic E-state index is -0.621. The van der Waals surface area contributed by atoms with Crippen LogP contribution in [0.4, 0.5) is 0 Å². The van der Waals surface area contributed by atoms with Gasteiger partial charge < -0.3 is 15.0 Å². The summed E-state index contributed by atoms with van der Waals surface area (Å²) in [6, 6.07) is 11.3. The van der Waals surface area contributed by atoms with Crippen LogP contribution in [0.15, 0.2) is 48.8 Å². The lowest BCUT2D eigenvalue weighted by Gasteiger charge is -2.54. The van der Waals surface area contributed by atoms with Gasteiger partial charge in [0.25, 0.3) is 5.91 Å². The van der Waals surface area contributed by atoms with Crippen LogP contribution in [-0.4, -0.2) is 52.1 Å². The molecule has 2 N–H and O–H groups in total. The Hall–Kier alpha value is -2.80. The van der Waals surface area contributed by atoms with Gasteiger partial charge in [0.2, 0.25) is 6.04 Å². The van der Waals surface area contributed by atoms with Crippen LogP contribution >= 0.6 is 0 Å². The summed E-state index contributed by atoms with van der Waals surface area (Å²) >= 11 is 0. The van der Waals surface area contributed by atoms with Crippen molar-refractivity contribution in [3.63, 3.8) is 0 Å². The van der Waals surface area contributed by atoms with Crippen LogP contribution < -0.4 is 5.73 Å². The van der Waals surface area contributed by atoms with Gasteiger partial charge in [-0.2, -0.15) is 0 Å². The summed E-state index contributed by atoms with van der Waals surface area (Å²) < 4.78 is 6.90. The van der Waals surface area contributed by atoms with Crippen LogP contribution in [0.5, 0.6) is 0 Å². The molecule has 0 spiro atoms. The molecule has 34 heavy (non-hydrogen) atoms. The smallest absolute Gasteiger partial charge is 0.317 e. The van der Waals surface area contributed by atoms with Gasteiger partial charge in [-0.25, -0.2) is 9.97 Å². The summed E-state index contributed by atoms with van der Waals surface area (Å²) in [5.41, 5.74) is 6.40. The highest BCUT2D eigenvalue weighted by atomic mass is 16.5. The number of rotatable bonds is 6. The fourth-order valence-corrected chi connectivity index (χ4v) is 6.71. The average molecular weight is 464 g/mol. The van der Waals surface area contributed by atoms with Crippen LogP contribution in [0, 0.1) is 5.92 Å². The second-order valence-electron chi connectivity index (χ2n) is 10.4. The van der Waals surface area contributed by atoms with Crippen molar-refractivity contribution in [3.8, 4) is 0 Å². The van der Waals surface area contributed by atoms with E-state index in [0.29, 0.717) is 22.8 Å². The molecule has 1 unspecified atom stereocenters. The molecule has 1 aromatic heterocycles. The molecule has 2 aromatic rings. The Morgan fingerprint density at radius 3 is 2.24 bits per heavy atom. The molecule has 2 atom stereocenters. The van der Waals surface area contributed by atoms with Crippen molar-refractivity contribution in [2.24, 2.45) is 11.7 Å². The van der Waals surface area contributed by atoms with E-state index in [1.165, 1.54) is 0 Å². The van der Waals surface area contributed by atoms with Crippen LogP contribution in [-0.2, 0) is 19.7 Å². The van der Waals surface area contributed by atoms with Crippen LogP contribution in [0.1, 0.15) is 68.8 Å². The van der Waals surface area contributed by atoms with Gasteiger partial charge in [-0.3, -0.25) is 9.59 Å². The van der Waals surface area contributed by atoms with Crippen molar-refractivity contribution in [1.82, 2.24) is 9.97 Å². The number of quaternary nitrogens is 1. The quantitative estimate of drug-likeness (QED) is 0.402. The number of carbonyl (C=O) groups excluding carboxylic acids is 2. The number of piperidine rings is 3. The second-order valence-corrected chi connectivity index (χ2v) is 10.4. The van der Waals surface area contributed by atoms with Gasteiger partial charge in [0, 0.05) is 31.2 Å². The maximum Gasteiger partial charge on any atom is 0.317 e. The molecule has 7 nitrogen and oxygen atoms in total. The van der Waals surface area contributed by atoms with Crippen molar-refractivity contribution in [3.05, 3.63) is 60.2 Å². The molecule has 4 aliphatic rings. The Morgan fingerprint density at radius 1 is 0.971 bits per heavy atom. The fourth-order valence-electron chi connectivity index (χ4n) is 6.71. The third kappa shape index (κ3) is 4.11. The highest BCUT2D eigenvalue weighted by molar-refractivity contribution is 5.83.